The van der Waals surface area contributed by atoms with Crippen LogP contribution in [0.2, 0.25) is 0 Å². The molecule has 3 rings (SSSR count). The smallest absolute Gasteiger partial charge is 0.279 e. The second-order valence-corrected chi connectivity index (χ2v) is 6.76. The second kappa shape index (κ2) is 7.51. The molecule has 2 heterocycles. The van der Waals surface area contributed by atoms with Crippen molar-refractivity contribution in [3.63, 3.8) is 0 Å². The van der Waals surface area contributed by atoms with Crippen LogP contribution >= 0.6 is 11.8 Å². The molecule has 0 saturated carbocycles. The van der Waals surface area contributed by atoms with Crippen molar-refractivity contribution in [2.24, 2.45) is 7.05 Å². The highest BCUT2D eigenvalue weighted by atomic mass is 32.2. The Balaban J connectivity index is 2.25. The lowest BCUT2D eigenvalue weighted by atomic mass is 9.86. The summed E-state index contributed by atoms with van der Waals surface area (Å²) in [6, 6.07) is 3.52. The number of hydrogen-bond acceptors (Lipinski definition) is 7. The maximum atomic E-state index is 12.7. The van der Waals surface area contributed by atoms with Gasteiger partial charge in [-0.25, -0.2) is 0 Å². The molecule has 1 aliphatic heterocycles. The molecule has 8 nitrogen and oxygen atoms in total. The quantitative estimate of drug-likeness (QED) is 0.616. The van der Waals surface area contributed by atoms with Gasteiger partial charge in [-0.1, -0.05) is 11.8 Å². The number of thioether (sulfide) groups is 1. The van der Waals surface area contributed by atoms with Gasteiger partial charge in [0, 0.05) is 19.4 Å². The number of hydrogen-bond donors (Lipinski definition) is 1. The molecule has 144 valence electrons. The third-order valence-corrected chi connectivity index (χ3v) is 5.30. The van der Waals surface area contributed by atoms with Gasteiger partial charge in [0.05, 0.1) is 26.9 Å². The minimum absolute atomic E-state index is 0.126. The van der Waals surface area contributed by atoms with E-state index in [-0.39, 0.29) is 17.9 Å². The summed E-state index contributed by atoms with van der Waals surface area (Å²) >= 11 is 1.34. The average Bonchev–Trinajstić information content (AvgIpc) is 2.68. The van der Waals surface area contributed by atoms with Gasteiger partial charge in [-0.3, -0.25) is 9.59 Å². The van der Waals surface area contributed by atoms with Gasteiger partial charge in [-0.15, -0.1) is 0 Å². The maximum Gasteiger partial charge on any atom is 0.279 e. The van der Waals surface area contributed by atoms with Crippen LogP contribution in [-0.2, 0) is 11.8 Å². The van der Waals surface area contributed by atoms with Gasteiger partial charge in [0.1, 0.15) is 5.82 Å². The van der Waals surface area contributed by atoms with E-state index in [1.54, 1.807) is 23.7 Å². The number of amides is 1. The number of carbonyl (C=O) groups is 1. The summed E-state index contributed by atoms with van der Waals surface area (Å²) in [6.07, 6.45) is 1.96. The van der Waals surface area contributed by atoms with Crippen LogP contribution in [0, 0.1) is 0 Å². The van der Waals surface area contributed by atoms with E-state index in [2.05, 4.69) is 10.3 Å². The first kappa shape index (κ1) is 19.1. The van der Waals surface area contributed by atoms with Crippen molar-refractivity contribution in [2.45, 2.75) is 17.5 Å². The molecule has 1 aliphatic rings. The van der Waals surface area contributed by atoms with Crippen molar-refractivity contribution in [3.8, 4) is 17.2 Å². The van der Waals surface area contributed by atoms with Crippen LogP contribution in [0.5, 0.6) is 17.2 Å². The maximum absolute atomic E-state index is 12.7. The normalized spacial score (nSPS) is 15.7. The molecule has 27 heavy (non-hydrogen) atoms. The Morgan fingerprint density at radius 1 is 1.15 bits per heavy atom. The van der Waals surface area contributed by atoms with Gasteiger partial charge in [-0.05, 0) is 24.0 Å². The van der Waals surface area contributed by atoms with Crippen LogP contribution in [0.15, 0.2) is 22.1 Å². The fraction of sp³-hybridized carbons (Fsp3) is 0.389. The summed E-state index contributed by atoms with van der Waals surface area (Å²) in [7, 11) is 6.34. The van der Waals surface area contributed by atoms with Gasteiger partial charge < -0.3 is 24.1 Å². The third kappa shape index (κ3) is 3.23. The number of nitrogens with one attached hydrogen (secondary N) is 1. The number of carbonyl (C=O) groups excluding carboxylic acids is 1. The molecule has 0 bridgehead atoms. The molecular formula is C18H21N3O5S. The van der Waals surface area contributed by atoms with Crippen molar-refractivity contribution < 1.29 is 19.0 Å². The van der Waals surface area contributed by atoms with Gasteiger partial charge in [0.15, 0.2) is 16.7 Å². The molecule has 1 aromatic carbocycles. The molecule has 2 aromatic rings. The summed E-state index contributed by atoms with van der Waals surface area (Å²) in [5.41, 5.74) is 0.812. The molecule has 0 saturated heterocycles. The standard InChI is InChI=1S/C18H21N3O5S/c1-21-16-14(17(23)20-18(21)27-5)10(8-13(22)19-16)9-6-11(24-2)15(26-4)12(7-9)25-3/h6-7,10H,8H2,1-5H3,(H,19,22)/t10-/m1/s1. The zero-order chi connectivity index (χ0) is 19.7. The van der Waals surface area contributed by atoms with Crippen molar-refractivity contribution in [2.75, 3.05) is 32.9 Å². The first-order valence-electron chi connectivity index (χ1n) is 8.19. The first-order chi connectivity index (χ1) is 12.9. The molecule has 0 radical (unpaired) electrons. The van der Waals surface area contributed by atoms with Gasteiger partial charge >= 0.3 is 0 Å². The van der Waals surface area contributed by atoms with Crippen LogP contribution in [-0.4, -0.2) is 43.0 Å². The fourth-order valence-corrected chi connectivity index (χ4v) is 3.84. The Hall–Kier alpha value is -2.68. The summed E-state index contributed by atoms with van der Waals surface area (Å²) in [5.74, 6) is 1.20. The number of nitrogens with zero attached hydrogens (tertiary/aromatic N) is 2. The number of ether oxygens (including phenoxy) is 3. The van der Waals surface area contributed by atoms with E-state index < -0.39 is 5.92 Å². The first-order valence-corrected chi connectivity index (χ1v) is 9.42. The molecule has 0 spiro atoms. The molecule has 1 atom stereocenters. The summed E-state index contributed by atoms with van der Waals surface area (Å²) in [6.45, 7) is 0. The van der Waals surface area contributed by atoms with Crippen molar-refractivity contribution >= 4 is 23.5 Å². The number of fused-ring (bicyclic) bond motifs is 1. The van der Waals surface area contributed by atoms with Gasteiger partial charge in [-0.2, -0.15) is 4.98 Å². The minimum atomic E-state index is -0.468. The highest BCUT2D eigenvalue weighted by Crippen LogP contribution is 2.43. The Kier molecular flexibility index (Phi) is 5.31. The second-order valence-electron chi connectivity index (χ2n) is 5.99. The third-order valence-electron chi connectivity index (χ3n) is 4.57. The zero-order valence-electron chi connectivity index (χ0n) is 15.8. The molecule has 9 heteroatoms. The average molecular weight is 391 g/mol. The van der Waals surface area contributed by atoms with E-state index in [1.807, 2.05) is 6.26 Å². The number of methoxy groups -OCH3 is 3. The van der Waals surface area contributed by atoms with E-state index in [0.717, 1.165) is 5.56 Å². The van der Waals surface area contributed by atoms with E-state index in [0.29, 0.717) is 33.8 Å². The number of benzene rings is 1. The highest BCUT2D eigenvalue weighted by Gasteiger charge is 2.33. The fourth-order valence-electron chi connectivity index (χ4n) is 3.31. The minimum Gasteiger partial charge on any atom is -0.493 e. The van der Waals surface area contributed by atoms with Crippen molar-refractivity contribution in [3.05, 3.63) is 33.6 Å². The van der Waals surface area contributed by atoms with Crippen molar-refractivity contribution in [1.29, 1.82) is 0 Å². The molecule has 0 unspecified atom stereocenters. The van der Waals surface area contributed by atoms with Crippen LogP contribution < -0.4 is 25.1 Å². The topological polar surface area (TPSA) is 91.7 Å². The predicted molar refractivity (Wildman–Crippen MR) is 102 cm³/mol. The van der Waals surface area contributed by atoms with Gasteiger partial charge in [0.25, 0.3) is 5.56 Å². The Bertz CT molecular complexity index is 932. The summed E-state index contributed by atoms with van der Waals surface area (Å²) in [5, 5.41) is 3.34. The highest BCUT2D eigenvalue weighted by molar-refractivity contribution is 7.98. The van der Waals surface area contributed by atoms with Crippen LogP contribution in [0.25, 0.3) is 0 Å². The number of anilines is 1. The molecule has 0 fully saturated rings. The molecular weight excluding hydrogens is 370 g/mol. The van der Waals surface area contributed by atoms with Crippen molar-refractivity contribution in [1.82, 2.24) is 9.55 Å². The Morgan fingerprint density at radius 3 is 2.30 bits per heavy atom. The molecule has 1 aromatic heterocycles. The molecule has 1 N–H and O–H groups in total. The number of aromatic nitrogens is 2. The monoisotopic (exact) mass is 391 g/mol. The largest absolute Gasteiger partial charge is 0.493 e. The summed E-state index contributed by atoms with van der Waals surface area (Å²) < 4.78 is 17.9. The van der Waals surface area contributed by atoms with Gasteiger partial charge in [0.2, 0.25) is 11.7 Å². The summed E-state index contributed by atoms with van der Waals surface area (Å²) in [4.78, 5) is 29.3. The van der Waals surface area contributed by atoms with E-state index in [4.69, 9.17) is 14.2 Å². The predicted octanol–water partition coefficient (Wildman–Crippen LogP) is 2.00. The van der Waals surface area contributed by atoms with Crippen LogP contribution in [0.4, 0.5) is 5.82 Å². The Labute approximate surface area is 160 Å². The van der Waals surface area contributed by atoms with Crippen LogP contribution in [0.3, 0.4) is 0 Å². The van der Waals surface area contributed by atoms with E-state index in [9.17, 15) is 9.59 Å². The zero-order valence-corrected chi connectivity index (χ0v) is 16.6. The van der Waals surface area contributed by atoms with E-state index in [1.165, 1.54) is 33.1 Å². The van der Waals surface area contributed by atoms with Crippen LogP contribution in [0.1, 0.15) is 23.5 Å². The Morgan fingerprint density at radius 2 is 1.78 bits per heavy atom. The lowest BCUT2D eigenvalue weighted by Crippen LogP contribution is -2.33. The molecule has 0 aliphatic carbocycles. The van der Waals surface area contributed by atoms with E-state index >= 15 is 0 Å². The lowest BCUT2D eigenvalue weighted by molar-refractivity contribution is -0.116. The number of rotatable bonds is 5. The SMILES string of the molecule is COc1cc([C@H]2CC(=O)Nc3c2c(=O)nc(SC)n3C)cc(OC)c1OC. The lowest BCUT2D eigenvalue weighted by Gasteiger charge is -2.28. The molecule has 1 amide bonds.